The van der Waals surface area contributed by atoms with E-state index in [-0.39, 0.29) is 12.1 Å². The summed E-state index contributed by atoms with van der Waals surface area (Å²) in [7, 11) is 3.14. The normalized spacial score (nSPS) is 11.2. The van der Waals surface area contributed by atoms with Gasteiger partial charge in [-0.3, -0.25) is 9.36 Å². The maximum atomic E-state index is 12.9. The highest BCUT2D eigenvalue weighted by molar-refractivity contribution is 5.77. The molecule has 0 unspecified atom stereocenters. The summed E-state index contributed by atoms with van der Waals surface area (Å²) in [6.45, 7) is 5.70. The van der Waals surface area contributed by atoms with Crippen molar-refractivity contribution in [2.24, 2.45) is 0 Å². The van der Waals surface area contributed by atoms with E-state index in [0.29, 0.717) is 51.3 Å². The van der Waals surface area contributed by atoms with E-state index < -0.39 is 0 Å². The highest BCUT2D eigenvalue weighted by Crippen LogP contribution is 2.38. The topological polar surface area (TPSA) is 92.5 Å². The minimum atomic E-state index is -0.174. The smallest absolute Gasteiger partial charge is 0.265 e. The Balaban J connectivity index is 1.75. The Bertz CT molecular complexity index is 1270. The van der Waals surface area contributed by atoms with E-state index in [1.54, 1.807) is 20.3 Å². The van der Waals surface area contributed by atoms with E-state index in [1.165, 1.54) is 10.9 Å². The van der Waals surface area contributed by atoms with Crippen LogP contribution < -0.4 is 15.0 Å². The molecule has 3 heterocycles. The summed E-state index contributed by atoms with van der Waals surface area (Å²) in [5.74, 6) is 2.81. The summed E-state index contributed by atoms with van der Waals surface area (Å²) >= 11 is 0. The van der Waals surface area contributed by atoms with Gasteiger partial charge in [-0.25, -0.2) is 9.97 Å². The number of aryl methyl sites for hydroxylation is 3. The number of benzene rings is 1. The van der Waals surface area contributed by atoms with Crippen LogP contribution in [-0.4, -0.2) is 28.8 Å². The quantitative estimate of drug-likeness (QED) is 0.509. The lowest BCUT2D eigenvalue weighted by atomic mass is 10.2. The zero-order valence-corrected chi connectivity index (χ0v) is 16.9. The molecule has 8 heteroatoms. The highest BCUT2D eigenvalue weighted by atomic mass is 16.5. The molecule has 1 aromatic carbocycles. The van der Waals surface area contributed by atoms with Crippen LogP contribution in [0, 0.1) is 20.8 Å². The first-order chi connectivity index (χ1) is 13.9. The van der Waals surface area contributed by atoms with Crippen molar-refractivity contribution in [3.63, 3.8) is 0 Å². The van der Waals surface area contributed by atoms with Crippen LogP contribution in [0.1, 0.15) is 22.8 Å². The molecule has 0 bridgehead atoms. The van der Waals surface area contributed by atoms with Gasteiger partial charge in [0.2, 0.25) is 11.6 Å². The highest BCUT2D eigenvalue weighted by Gasteiger charge is 2.20. The predicted molar refractivity (Wildman–Crippen MR) is 107 cm³/mol. The van der Waals surface area contributed by atoms with Crippen LogP contribution in [0.4, 0.5) is 0 Å². The van der Waals surface area contributed by atoms with Crippen LogP contribution in [0.2, 0.25) is 0 Å². The van der Waals surface area contributed by atoms with Crippen molar-refractivity contribution in [2.45, 2.75) is 27.3 Å². The Kier molecular flexibility index (Phi) is 4.62. The molecular weight excluding hydrogens is 374 g/mol. The predicted octanol–water partition coefficient (Wildman–Crippen LogP) is 3.64. The van der Waals surface area contributed by atoms with E-state index in [1.807, 2.05) is 32.9 Å². The Labute approximate surface area is 166 Å². The summed E-state index contributed by atoms with van der Waals surface area (Å²) in [4.78, 5) is 21.8. The van der Waals surface area contributed by atoms with E-state index in [4.69, 9.17) is 18.3 Å². The number of aromatic nitrogens is 3. The summed E-state index contributed by atoms with van der Waals surface area (Å²) in [6, 6.07) is 5.48. The molecule has 0 spiro atoms. The number of fused-ring (bicyclic) bond motifs is 1. The number of nitrogens with zero attached hydrogens (tertiary/aromatic N) is 3. The van der Waals surface area contributed by atoms with E-state index in [2.05, 4.69) is 9.97 Å². The number of furan rings is 1. The second kappa shape index (κ2) is 7.12. The third kappa shape index (κ3) is 3.06. The summed E-state index contributed by atoms with van der Waals surface area (Å²) in [5.41, 5.74) is 2.27. The van der Waals surface area contributed by atoms with Gasteiger partial charge in [0.25, 0.3) is 5.56 Å². The van der Waals surface area contributed by atoms with Crippen LogP contribution >= 0.6 is 0 Å². The molecule has 4 rings (SSSR count). The number of hydrogen-bond acceptors (Lipinski definition) is 7. The second-order valence-corrected chi connectivity index (χ2v) is 6.70. The van der Waals surface area contributed by atoms with Crippen molar-refractivity contribution in [2.75, 3.05) is 14.2 Å². The van der Waals surface area contributed by atoms with Gasteiger partial charge in [0.05, 0.1) is 26.3 Å². The molecule has 0 atom stereocenters. The Morgan fingerprint density at radius 3 is 2.59 bits per heavy atom. The lowest BCUT2D eigenvalue weighted by Gasteiger charge is -2.10. The number of oxazole rings is 1. The lowest BCUT2D eigenvalue weighted by Crippen LogP contribution is -2.21. The number of rotatable bonds is 5. The average Bonchev–Trinajstić information content (AvgIpc) is 3.23. The number of methoxy groups -OCH3 is 2. The van der Waals surface area contributed by atoms with Gasteiger partial charge >= 0.3 is 0 Å². The minimum absolute atomic E-state index is 0.174. The molecule has 8 nitrogen and oxygen atoms in total. The molecule has 0 fully saturated rings. The summed E-state index contributed by atoms with van der Waals surface area (Å²) < 4.78 is 23.7. The van der Waals surface area contributed by atoms with Crippen LogP contribution in [0.25, 0.3) is 22.6 Å². The molecule has 4 aromatic rings. The van der Waals surface area contributed by atoms with Gasteiger partial charge in [-0.05, 0) is 32.9 Å². The summed E-state index contributed by atoms with van der Waals surface area (Å²) in [6.07, 6.45) is 1.47. The van der Waals surface area contributed by atoms with Crippen LogP contribution in [0.5, 0.6) is 11.5 Å². The maximum Gasteiger partial charge on any atom is 0.265 e. The Morgan fingerprint density at radius 1 is 1.07 bits per heavy atom. The molecule has 0 N–H and O–H groups in total. The fourth-order valence-corrected chi connectivity index (χ4v) is 3.29. The van der Waals surface area contributed by atoms with E-state index >= 15 is 0 Å². The first kappa shape index (κ1) is 18.8. The maximum absolute atomic E-state index is 12.9. The van der Waals surface area contributed by atoms with Gasteiger partial charge in [-0.15, -0.1) is 0 Å². The minimum Gasteiger partial charge on any atom is -0.493 e. The largest absolute Gasteiger partial charge is 0.493 e. The molecule has 0 saturated carbocycles. The average molecular weight is 395 g/mol. The fraction of sp³-hybridized carbons (Fsp3) is 0.286. The second-order valence-electron chi connectivity index (χ2n) is 6.70. The number of hydrogen-bond donors (Lipinski definition) is 0. The first-order valence-corrected chi connectivity index (χ1v) is 9.07. The lowest BCUT2D eigenvalue weighted by molar-refractivity contribution is 0.355. The van der Waals surface area contributed by atoms with Gasteiger partial charge in [0, 0.05) is 5.56 Å². The van der Waals surface area contributed by atoms with Crippen molar-refractivity contribution in [3.8, 4) is 23.0 Å². The molecule has 0 aliphatic heterocycles. The SMILES string of the molecule is COc1cccc(-c2nc(Cn3cnc4oc(C)c(C)c4c3=O)c(C)o2)c1OC. The molecule has 0 aliphatic rings. The molecule has 0 aliphatic carbocycles. The van der Waals surface area contributed by atoms with E-state index in [0.717, 1.165) is 5.56 Å². The van der Waals surface area contributed by atoms with Crippen LogP contribution in [0.15, 0.2) is 38.2 Å². The molecule has 0 radical (unpaired) electrons. The van der Waals surface area contributed by atoms with Gasteiger partial charge in [0.15, 0.2) is 11.5 Å². The zero-order chi connectivity index (χ0) is 20.7. The molecule has 29 heavy (non-hydrogen) atoms. The fourth-order valence-electron chi connectivity index (χ4n) is 3.29. The van der Waals surface area contributed by atoms with Gasteiger partial charge in [-0.2, -0.15) is 0 Å². The third-order valence-electron chi connectivity index (χ3n) is 5.00. The van der Waals surface area contributed by atoms with Crippen molar-refractivity contribution in [3.05, 3.63) is 57.7 Å². The Hall–Kier alpha value is -3.55. The van der Waals surface area contributed by atoms with Crippen molar-refractivity contribution >= 4 is 11.1 Å². The van der Waals surface area contributed by atoms with E-state index in [9.17, 15) is 4.79 Å². The molecule has 3 aromatic heterocycles. The van der Waals surface area contributed by atoms with Crippen molar-refractivity contribution in [1.82, 2.24) is 14.5 Å². The van der Waals surface area contributed by atoms with Gasteiger partial charge in [0.1, 0.15) is 28.9 Å². The monoisotopic (exact) mass is 395 g/mol. The zero-order valence-electron chi connectivity index (χ0n) is 16.9. The van der Waals surface area contributed by atoms with Crippen LogP contribution in [0.3, 0.4) is 0 Å². The van der Waals surface area contributed by atoms with Crippen molar-refractivity contribution < 1.29 is 18.3 Å². The van der Waals surface area contributed by atoms with Gasteiger partial charge < -0.3 is 18.3 Å². The number of para-hydroxylation sites is 1. The van der Waals surface area contributed by atoms with Crippen LogP contribution in [-0.2, 0) is 6.54 Å². The van der Waals surface area contributed by atoms with Gasteiger partial charge in [-0.1, -0.05) is 6.07 Å². The first-order valence-electron chi connectivity index (χ1n) is 9.07. The molecule has 0 saturated heterocycles. The third-order valence-corrected chi connectivity index (χ3v) is 5.00. The molecule has 0 amide bonds. The molecule has 150 valence electrons. The number of ether oxygens (including phenoxy) is 2. The standard InChI is InChI=1S/C21H21N3O5/c1-11-12(2)28-20-17(11)21(25)24(10-22-20)9-15-13(3)29-19(23-15)14-7-6-8-16(26-4)18(14)27-5/h6-8,10H,9H2,1-5H3. The van der Waals surface area contributed by atoms with Crippen molar-refractivity contribution in [1.29, 1.82) is 0 Å². The summed E-state index contributed by atoms with van der Waals surface area (Å²) in [5, 5.41) is 0.487. The Morgan fingerprint density at radius 2 is 1.86 bits per heavy atom. The molecular formula is C21H21N3O5.